The predicted molar refractivity (Wildman–Crippen MR) is 119 cm³/mol. The summed E-state index contributed by atoms with van der Waals surface area (Å²) in [5.41, 5.74) is 4.77. The van der Waals surface area contributed by atoms with Gasteiger partial charge < -0.3 is 14.6 Å². The molecular formula is C25H29N3O3. The predicted octanol–water partition coefficient (Wildman–Crippen LogP) is 4.40. The number of aromatic nitrogens is 1. The topological polar surface area (TPSA) is 67.6 Å². The van der Waals surface area contributed by atoms with E-state index in [9.17, 15) is 4.79 Å². The van der Waals surface area contributed by atoms with Gasteiger partial charge in [0, 0.05) is 18.7 Å². The number of hydrogen-bond acceptors (Lipinski definition) is 5. The molecule has 1 saturated heterocycles. The molecule has 1 N–H and O–H groups in total. The lowest BCUT2D eigenvalue weighted by Crippen LogP contribution is -2.25. The molecule has 1 aliphatic heterocycles. The molecule has 162 valence electrons. The number of hydrogen-bond donors (Lipinski definition) is 1. The summed E-state index contributed by atoms with van der Waals surface area (Å²) in [7, 11) is 0. The second-order valence-electron chi connectivity index (χ2n) is 8.05. The van der Waals surface area contributed by atoms with Crippen LogP contribution in [-0.2, 0) is 19.7 Å². The molecule has 0 atom stereocenters. The minimum atomic E-state index is -0.112. The molecular weight excluding hydrogens is 390 g/mol. The number of carbonyl (C=O) groups excluding carboxylic acids is 1. The van der Waals surface area contributed by atoms with Crippen molar-refractivity contribution in [2.45, 2.75) is 46.4 Å². The van der Waals surface area contributed by atoms with Gasteiger partial charge in [0.15, 0.2) is 0 Å². The van der Waals surface area contributed by atoms with Gasteiger partial charge in [-0.05, 0) is 69.1 Å². The Morgan fingerprint density at radius 1 is 1.10 bits per heavy atom. The second-order valence-corrected chi connectivity index (χ2v) is 8.05. The van der Waals surface area contributed by atoms with E-state index in [-0.39, 0.29) is 5.91 Å². The quantitative estimate of drug-likeness (QED) is 0.586. The molecule has 0 aliphatic carbocycles. The van der Waals surface area contributed by atoms with Crippen LogP contribution in [-0.4, -0.2) is 29.1 Å². The Morgan fingerprint density at radius 2 is 1.87 bits per heavy atom. The van der Waals surface area contributed by atoms with Crippen LogP contribution in [0.4, 0.5) is 0 Å². The average molecular weight is 420 g/mol. The Balaban J connectivity index is 1.36. The molecule has 6 heteroatoms. The van der Waals surface area contributed by atoms with Gasteiger partial charge in [-0.2, -0.15) is 0 Å². The fourth-order valence-corrected chi connectivity index (χ4v) is 3.93. The highest BCUT2D eigenvalue weighted by Gasteiger charge is 2.15. The summed E-state index contributed by atoms with van der Waals surface area (Å²) in [6.45, 7) is 7.87. The van der Waals surface area contributed by atoms with E-state index in [1.54, 1.807) is 12.1 Å². The average Bonchev–Trinajstić information content (AvgIpc) is 3.41. The molecule has 4 rings (SSSR count). The fraction of sp³-hybridized carbons (Fsp3) is 0.360. The lowest BCUT2D eigenvalue weighted by molar-refractivity contribution is 0.0950. The maximum atomic E-state index is 12.8. The third-order valence-electron chi connectivity index (χ3n) is 5.81. The molecule has 31 heavy (non-hydrogen) atoms. The van der Waals surface area contributed by atoms with Gasteiger partial charge in [0.25, 0.3) is 5.91 Å². The van der Waals surface area contributed by atoms with Crippen molar-refractivity contribution >= 4 is 5.91 Å². The smallest absolute Gasteiger partial charge is 0.251 e. The Labute approximate surface area is 183 Å². The number of nitrogens with one attached hydrogen (secondary N) is 1. The molecule has 2 heterocycles. The molecule has 1 fully saturated rings. The minimum absolute atomic E-state index is 0.112. The first kappa shape index (κ1) is 21.1. The van der Waals surface area contributed by atoms with Gasteiger partial charge in [0.2, 0.25) is 0 Å². The van der Waals surface area contributed by atoms with Crippen LogP contribution >= 0.6 is 0 Å². The molecule has 0 radical (unpaired) electrons. The van der Waals surface area contributed by atoms with Gasteiger partial charge in [0.05, 0.1) is 11.3 Å². The molecule has 3 aromatic rings. The lowest BCUT2D eigenvalue weighted by atomic mass is 10.1. The molecule has 1 aliphatic rings. The zero-order chi connectivity index (χ0) is 21.6. The zero-order valence-corrected chi connectivity index (χ0v) is 18.2. The van der Waals surface area contributed by atoms with Gasteiger partial charge >= 0.3 is 0 Å². The highest BCUT2D eigenvalue weighted by molar-refractivity contribution is 5.94. The summed E-state index contributed by atoms with van der Waals surface area (Å²) in [6, 6.07) is 15.6. The summed E-state index contributed by atoms with van der Waals surface area (Å²) < 4.78 is 11.0. The van der Waals surface area contributed by atoms with Crippen LogP contribution in [0.2, 0.25) is 0 Å². The number of carbonyl (C=O) groups is 1. The van der Waals surface area contributed by atoms with Crippen molar-refractivity contribution in [1.82, 2.24) is 15.4 Å². The van der Waals surface area contributed by atoms with Crippen LogP contribution in [0.3, 0.4) is 0 Å². The van der Waals surface area contributed by atoms with E-state index in [2.05, 4.69) is 33.6 Å². The Morgan fingerprint density at radius 3 is 2.61 bits per heavy atom. The molecule has 2 aromatic carbocycles. The van der Waals surface area contributed by atoms with Gasteiger partial charge in [-0.15, -0.1) is 0 Å². The Kier molecular flexibility index (Phi) is 6.67. The Hall–Kier alpha value is -3.12. The number of amides is 1. The zero-order valence-electron chi connectivity index (χ0n) is 18.2. The maximum Gasteiger partial charge on any atom is 0.251 e. The third-order valence-corrected chi connectivity index (χ3v) is 5.81. The summed E-state index contributed by atoms with van der Waals surface area (Å²) in [5.74, 6) is 1.28. The molecule has 0 saturated carbocycles. The molecule has 1 aromatic heterocycles. The van der Waals surface area contributed by atoms with Crippen LogP contribution in [0, 0.1) is 13.8 Å². The van der Waals surface area contributed by atoms with Gasteiger partial charge in [-0.25, -0.2) is 0 Å². The summed E-state index contributed by atoms with van der Waals surface area (Å²) in [6.07, 6.45) is 2.54. The van der Waals surface area contributed by atoms with Crippen LogP contribution in [0.25, 0.3) is 0 Å². The van der Waals surface area contributed by atoms with E-state index >= 15 is 0 Å². The molecule has 6 nitrogen and oxygen atoms in total. The number of benzene rings is 2. The van der Waals surface area contributed by atoms with Crippen molar-refractivity contribution in [3.63, 3.8) is 0 Å². The normalized spacial score (nSPS) is 14.0. The van der Waals surface area contributed by atoms with Gasteiger partial charge in [-0.3, -0.25) is 9.69 Å². The SMILES string of the molecule is Cc1noc(C)c1COc1cccc(C(=O)NCc2ccccc2CN2CCCC2)c1. The van der Waals surface area contributed by atoms with Crippen molar-refractivity contribution in [2.75, 3.05) is 13.1 Å². The standard InChI is InChI=1S/C25H29N3O3/c1-18-24(19(2)31-27-18)17-30-23-11-7-10-20(14-23)25(29)26-15-21-8-3-4-9-22(21)16-28-12-5-6-13-28/h3-4,7-11,14H,5-6,12-13,15-17H2,1-2H3,(H,26,29). The van der Waals surface area contributed by atoms with E-state index in [1.807, 2.05) is 32.0 Å². The molecule has 0 spiro atoms. The maximum absolute atomic E-state index is 12.8. The highest BCUT2D eigenvalue weighted by atomic mass is 16.5. The summed E-state index contributed by atoms with van der Waals surface area (Å²) >= 11 is 0. The minimum Gasteiger partial charge on any atom is -0.489 e. The fourth-order valence-electron chi connectivity index (χ4n) is 3.93. The number of aryl methyl sites for hydroxylation is 2. The van der Waals surface area contributed by atoms with E-state index in [0.717, 1.165) is 42.2 Å². The van der Waals surface area contributed by atoms with Crippen molar-refractivity contribution in [2.24, 2.45) is 0 Å². The Bertz CT molecular complexity index is 1020. The van der Waals surface area contributed by atoms with Crippen molar-refractivity contribution in [1.29, 1.82) is 0 Å². The first-order valence-electron chi connectivity index (χ1n) is 10.8. The van der Waals surface area contributed by atoms with Crippen LogP contribution in [0.1, 0.15) is 51.3 Å². The van der Waals surface area contributed by atoms with Crippen LogP contribution < -0.4 is 10.1 Å². The summed E-state index contributed by atoms with van der Waals surface area (Å²) in [5, 5.41) is 7.00. The number of nitrogens with zero attached hydrogens (tertiary/aromatic N) is 2. The first-order valence-corrected chi connectivity index (χ1v) is 10.8. The largest absolute Gasteiger partial charge is 0.489 e. The van der Waals surface area contributed by atoms with E-state index in [1.165, 1.54) is 18.4 Å². The van der Waals surface area contributed by atoms with E-state index in [4.69, 9.17) is 9.26 Å². The van der Waals surface area contributed by atoms with Crippen LogP contribution in [0.5, 0.6) is 5.75 Å². The first-order chi connectivity index (χ1) is 15.1. The molecule has 0 bridgehead atoms. The van der Waals surface area contributed by atoms with Gasteiger partial charge in [-0.1, -0.05) is 35.5 Å². The lowest BCUT2D eigenvalue weighted by Gasteiger charge is -2.17. The van der Waals surface area contributed by atoms with Crippen molar-refractivity contribution < 1.29 is 14.1 Å². The van der Waals surface area contributed by atoms with Crippen molar-refractivity contribution in [3.8, 4) is 5.75 Å². The monoisotopic (exact) mass is 419 g/mol. The van der Waals surface area contributed by atoms with Crippen LogP contribution in [0.15, 0.2) is 53.1 Å². The number of likely N-dealkylation sites (tertiary alicyclic amines) is 1. The van der Waals surface area contributed by atoms with Gasteiger partial charge in [0.1, 0.15) is 18.1 Å². The van der Waals surface area contributed by atoms with E-state index < -0.39 is 0 Å². The summed E-state index contributed by atoms with van der Waals surface area (Å²) in [4.78, 5) is 15.2. The third kappa shape index (κ3) is 5.33. The second kappa shape index (κ2) is 9.79. The number of rotatable bonds is 8. The highest BCUT2D eigenvalue weighted by Crippen LogP contribution is 2.19. The number of ether oxygens (including phenoxy) is 1. The van der Waals surface area contributed by atoms with Crippen molar-refractivity contribution in [3.05, 3.63) is 82.2 Å². The molecule has 1 amide bonds. The molecule has 0 unspecified atom stereocenters. The van der Waals surface area contributed by atoms with E-state index in [0.29, 0.717) is 24.5 Å².